The molecule has 0 amide bonds. The summed E-state index contributed by atoms with van der Waals surface area (Å²) in [7, 11) is 4.52. The first-order chi connectivity index (χ1) is 11.0. The standard InChI is InChI=1S/C17H20O6/c1-5-8-23-16(19)11-13(18)7-6-12-9-14(20-2)17(22-4)15(10-12)21-3/h5-7,9-10H,1,8,11H2,2-4H3. The van der Waals surface area contributed by atoms with E-state index < -0.39 is 5.97 Å². The second-order valence-corrected chi connectivity index (χ2v) is 4.41. The summed E-state index contributed by atoms with van der Waals surface area (Å²) in [5.74, 6) is 0.456. The van der Waals surface area contributed by atoms with Gasteiger partial charge in [0.1, 0.15) is 13.0 Å². The first-order valence-corrected chi connectivity index (χ1v) is 6.83. The van der Waals surface area contributed by atoms with Crippen molar-refractivity contribution in [2.75, 3.05) is 27.9 Å². The zero-order valence-electron chi connectivity index (χ0n) is 13.5. The van der Waals surface area contributed by atoms with Gasteiger partial charge in [0.15, 0.2) is 17.3 Å². The Morgan fingerprint density at radius 2 is 1.70 bits per heavy atom. The number of allylic oxidation sites excluding steroid dienone is 1. The number of hydrogen-bond acceptors (Lipinski definition) is 6. The Labute approximate surface area is 135 Å². The van der Waals surface area contributed by atoms with Crippen molar-refractivity contribution in [1.82, 2.24) is 0 Å². The molecule has 0 radical (unpaired) electrons. The third-order valence-corrected chi connectivity index (χ3v) is 2.83. The van der Waals surface area contributed by atoms with Gasteiger partial charge in [-0.25, -0.2) is 0 Å². The summed E-state index contributed by atoms with van der Waals surface area (Å²) >= 11 is 0. The van der Waals surface area contributed by atoms with Gasteiger partial charge in [0.05, 0.1) is 21.3 Å². The van der Waals surface area contributed by atoms with Gasteiger partial charge in [-0.2, -0.15) is 0 Å². The van der Waals surface area contributed by atoms with Gasteiger partial charge in [-0.1, -0.05) is 18.7 Å². The maximum absolute atomic E-state index is 11.7. The molecule has 0 aliphatic heterocycles. The predicted molar refractivity (Wildman–Crippen MR) is 85.9 cm³/mol. The summed E-state index contributed by atoms with van der Waals surface area (Å²) in [4.78, 5) is 23.0. The molecule has 1 aromatic carbocycles. The average Bonchev–Trinajstić information content (AvgIpc) is 2.56. The summed E-state index contributed by atoms with van der Waals surface area (Å²) in [6.07, 6.45) is 3.98. The van der Waals surface area contributed by atoms with Crippen LogP contribution in [-0.4, -0.2) is 39.7 Å². The van der Waals surface area contributed by atoms with E-state index in [4.69, 9.17) is 18.9 Å². The topological polar surface area (TPSA) is 71.1 Å². The number of benzene rings is 1. The second-order valence-electron chi connectivity index (χ2n) is 4.41. The molecule has 1 rings (SSSR count). The molecule has 0 saturated heterocycles. The Hall–Kier alpha value is -2.76. The van der Waals surface area contributed by atoms with Gasteiger partial charge in [0.2, 0.25) is 5.75 Å². The Morgan fingerprint density at radius 3 is 2.17 bits per heavy atom. The molecule has 0 spiro atoms. The Kier molecular flexibility index (Phi) is 7.39. The van der Waals surface area contributed by atoms with Crippen molar-refractivity contribution in [3.05, 3.63) is 36.4 Å². The molecule has 0 heterocycles. The molecule has 1 aromatic rings. The predicted octanol–water partition coefficient (Wildman–Crippen LogP) is 2.41. The average molecular weight is 320 g/mol. The Balaban J connectivity index is 2.85. The Morgan fingerprint density at radius 1 is 1.09 bits per heavy atom. The van der Waals surface area contributed by atoms with E-state index in [9.17, 15) is 9.59 Å². The van der Waals surface area contributed by atoms with E-state index in [1.807, 2.05) is 0 Å². The smallest absolute Gasteiger partial charge is 0.313 e. The highest BCUT2D eigenvalue weighted by Crippen LogP contribution is 2.38. The molecule has 0 aliphatic carbocycles. The molecule has 0 unspecified atom stereocenters. The van der Waals surface area contributed by atoms with Crippen molar-refractivity contribution in [2.24, 2.45) is 0 Å². The molecule has 0 bridgehead atoms. The SMILES string of the molecule is C=CCOC(=O)CC(=O)C=Cc1cc(OC)c(OC)c(OC)c1. The van der Waals surface area contributed by atoms with Crippen molar-refractivity contribution in [3.63, 3.8) is 0 Å². The van der Waals surface area contributed by atoms with Gasteiger partial charge < -0.3 is 18.9 Å². The van der Waals surface area contributed by atoms with E-state index in [1.54, 1.807) is 18.2 Å². The highest BCUT2D eigenvalue weighted by Gasteiger charge is 2.12. The minimum atomic E-state index is -0.593. The lowest BCUT2D eigenvalue weighted by Gasteiger charge is -2.12. The van der Waals surface area contributed by atoms with Crippen molar-refractivity contribution in [3.8, 4) is 17.2 Å². The molecular weight excluding hydrogens is 300 g/mol. The fourth-order valence-corrected chi connectivity index (χ4v) is 1.79. The van der Waals surface area contributed by atoms with Crippen LogP contribution in [-0.2, 0) is 14.3 Å². The number of hydrogen-bond donors (Lipinski definition) is 0. The van der Waals surface area contributed by atoms with Crippen molar-refractivity contribution < 1.29 is 28.5 Å². The summed E-state index contributed by atoms with van der Waals surface area (Å²) in [5.41, 5.74) is 0.673. The van der Waals surface area contributed by atoms with E-state index >= 15 is 0 Å². The van der Waals surface area contributed by atoms with Gasteiger partial charge in [-0.05, 0) is 23.8 Å². The fraction of sp³-hybridized carbons (Fsp3) is 0.294. The molecule has 0 N–H and O–H groups in total. The molecule has 23 heavy (non-hydrogen) atoms. The summed E-state index contributed by atoms with van der Waals surface area (Å²) in [5, 5.41) is 0. The van der Waals surface area contributed by atoms with E-state index in [1.165, 1.54) is 33.5 Å². The van der Waals surface area contributed by atoms with Crippen LogP contribution in [0.3, 0.4) is 0 Å². The summed E-state index contributed by atoms with van der Waals surface area (Å²) in [6, 6.07) is 3.39. The highest BCUT2D eigenvalue weighted by atomic mass is 16.5. The fourth-order valence-electron chi connectivity index (χ4n) is 1.79. The monoisotopic (exact) mass is 320 g/mol. The largest absolute Gasteiger partial charge is 0.493 e. The van der Waals surface area contributed by atoms with Crippen molar-refractivity contribution >= 4 is 17.8 Å². The van der Waals surface area contributed by atoms with Gasteiger partial charge in [-0.15, -0.1) is 0 Å². The maximum atomic E-state index is 11.7. The number of esters is 1. The van der Waals surface area contributed by atoms with Crippen molar-refractivity contribution in [1.29, 1.82) is 0 Å². The number of carbonyl (C=O) groups is 2. The zero-order chi connectivity index (χ0) is 17.2. The van der Waals surface area contributed by atoms with Gasteiger partial charge in [0.25, 0.3) is 0 Å². The lowest BCUT2D eigenvalue weighted by Crippen LogP contribution is -2.09. The first-order valence-electron chi connectivity index (χ1n) is 6.83. The number of ketones is 1. The van der Waals surface area contributed by atoms with Crippen LogP contribution in [0.1, 0.15) is 12.0 Å². The van der Waals surface area contributed by atoms with Crippen LogP contribution in [0.4, 0.5) is 0 Å². The second kappa shape index (κ2) is 9.30. The number of ether oxygens (including phenoxy) is 4. The van der Waals surface area contributed by atoms with Crippen molar-refractivity contribution in [2.45, 2.75) is 6.42 Å². The molecule has 0 saturated carbocycles. The van der Waals surface area contributed by atoms with Gasteiger partial charge >= 0.3 is 5.97 Å². The lowest BCUT2D eigenvalue weighted by atomic mass is 10.1. The number of carbonyl (C=O) groups excluding carboxylic acids is 2. The van der Waals surface area contributed by atoms with Gasteiger partial charge in [-0.3, -0.25) is 9.59 Å². The van der Waals surface area contributed by atoms with E-state index in [-0.39, 0.29) is 18.8 Å². The third kappa shape index (κ3) is 5.50. The van der Waals surface area contributed by atoms with Crippen LogP contribution in [0.15, 0.2) is 30.9 Å². The molecule has 124 valence electrons. The van der Waals surface area contributed by atoms with Crippen LogP contribution in [0.5, 0.6) is 17.2 Å². The summed E-state index contributed by atoms with van der Waals surface area (Å²) in [6.45, 7) is 3.51. The number of rotatable bonds is 9. The van der Waals surface area contributed by atoms with Crippen LogP contribution in [0.2, 0.25) is 0 Å². The minimum Gasteiger partial charge on any atom is -0.493 e. The molecular formula is C17H20O6. The van der Waals surface area contributed by atoms with Crippen LogP contribution >= 0.6 is 0 Å². The lowest BCUT2D eigenvalue weighted by molar-refractivity contribution is -0.144. The molecule has 6 nitrogen and oxygen atoms in total. The molecule has 0 aliphatic rings. The molecule has 0 fully saturated rings. The molecule has 6 heteroatoms. The highest BCUT2D eigenvalue weighted by molar-refractivity contribution is 6.04. The first kappa shape index (κ1) is 18.3. The third-order valence-electron chi connectivity index (χ3n) is 2.83. The van der Waals surface area contributed by atoms with E-state index in [0.29, 0.717) is 22.8 Å². The normalized spacial score (nSPS) is 10.2. The van der Waals surface area contributed by atoms with Gasteiger partial charge in [0, 0.05) is 0 Å². The molecule has 0 aromatic heterocycles. The Bertz CT molecular complexity index is 578. The van der Waals surface area contributed by atoms with Crippen LogP contribution < -0.4 is 14.2 Å². The maximum Gasteiger partial charge on any atom is 0.313 e. The van der Waals surface area contributed by atoms with E-state index in [0.717, 1.165) is 0 Å². The molecule has 0 atom stereocenters. The number of methoxy groups -OCH3 is 3. The summed E-state index contributed by atoms with van der Waals surface area (Å²) < 4.78 is 20.4. The zero-order valence-corrected chi connectivity index (χ0v) is 13.5. The minimum absolute atomic E-state index is 0.0860. The quantitative estimate of drug-likeness (QED) is 0.301. The van der Waals surface area contributed by atoms with Crippen LogP contribution in [0.25, 0.3) is 6.08 Å². The van der Waals surface area contributed by atoms with Crippen LogP contribution in [0, 0.1) is 0 Å². The van der Waals surface area contributed by atoms with E-state index in [2.05, 4.69) is 6.58 Å².